The van der Waals surface area contributed by atoms with Gasteiger partial charge in [0.2, 0.25) is 10.0 Å². The van der Waals surface area contributed by atoms with Crippen LogP contribution in [0.25, 0.3) is 0 Å². The minimum absolute atomic E-state index is 0.287. The molecule has 0 spiro atoms. The molecule has 1 aliphatic heterocycles. The number of para-hydroxylation sites is 1. The SMILES string of the molecule is CC1(NS(=O)(=O)c2ccccc2[N+](=O)[O-])CCNCC1. The van der Waals surface area contributed by atoms with Crippen LogP contribution in [0.2, 0.25) is 0 Å². The number of sulfonamides is 1. The first-order valence-corrected chi connectivity index (χ1v) is 7.81. The molecular weight excluding hydrogens is 282 g/mol. The van der Waals surface area contributed by atoms with Gasteiger partial charge in [0.25, 0.3) is 5.69 Å². The Bertz CT molecular complexity index is 609. The standard InChI is InChI=1S/C12H17N3O4S/c1-12(6-8-13-9-7-12)14-20(18,19)11-5-3-2-4-10(11)15(16)17/h2-5,13-14H,6-9H2,1H3. The lowest BCUT2D eigenvalue weighted by atomic mass is 9.92. The predicted molar refractivity (Wildman–Crippen MR) is 73.9 cm³/mol. The first-order chi connectivity index (χ1) is 9.34. The largest absolute Gasteiger partial charge is 0.317 e. The minimum atomic E-state index is -3.91. The van der Waals surface area contributed by atoms with Gasteiger partial charge >= 0.3 is 0 Å². The minimum Gasteiger partial charge on any atom is -0.317 e. The van der Waals surface area contributed by atoms with E-state index in [1.807, 2.05) is 6.92 Å². The molecule has 0 atom stereocenters. The van der Waals surface area contributed by atoms with Crippen molar-refractivity contribution in [2.45, 2.75) is 30.2 Å². The Kier molecular flexibility index (Phi) is 4.07. The highest BCUT2D eigenvalue weighted by molar-refractivity contribution is 7.89. The maximum Gasteiger partial charge on any atom is 0.289 e. The summed E-state index contributed by atoms with van der Waals surface area (Å²) in [6.45, 7) is 3.26. The molecule has 0 amide bonds. The first kappa shape index (κ1) is 14.9. The second-order valence-electron chi connectivity index (χ2n) is 5.14. The van der Waals surface area contributed by atoms with Gasteiger partial charge in [-0.15, -0.1) is 0 Å². The number of benzene rings is 1. The van der Waals surface area contributed by atoms with E-state index in [-0.39, 0.29) is 4.90 Å². The molecule has 1 aromatic rings. The third kappa shape index (κ3) is 3.14. The first-order valence-electron chi connectivity index (χ1n) is 6.32. The molecule has 110 valence electrons. The van der Waals surface area contributed by atoms with Crippen molar-refractivity contribution in [1.82, 2.24) is 10.0 Å². The number of nitro benzene ring substituents is 1. The molecule has 7 nitrogen and oxygen atoms in total. The molecule has 0 aliphatic carbocycles. The monoisotopic (exact) mass is 299 g/mol. The van der Waals surface area contributed by atoms with E-state index < -0.39 is 26.2 Å². The zero-order valence-electron chi connectivity index (χ0n) is 11.1. The Balaban J connectivity index is 2.33. The van der Waals surface area contributed by atoms with Crippen molar-refractivity contribution in [2.24, 2.45) is 0 Å². The van der Waals surface area contributed by atoms with Crippen molar-refractivity contribution in [3.05, 3.63) is 34.4 Å². The van der Waals surface area contributed by atoms with Gasteiger partial charge in [-0.25, -0.2) is 13.1 Å². The fourth-order valence-electron chi connectivity index (χ4n) is 2.30. The van der Waals surface area contributed by atoms with Crippen LogP contribution in [0, 0.1) is 10.1 Å². The molecule has 0 aromatic heterocycles. The lowest BCUT2D eigenvalue weighted by Crippen LogP contribution is -2.52. The lowest BCUT2D eigenvalue weighted by Gasteiger charge is -2.34. The van der Waals surface area contributed by atoms with Crippen LogP contribution >= 0.6 is 0 Å². The Labute approximate surface area is 117 Å². The Morgan fingerprint density at radius 1 is 1.30 bits per heavy atom. The highest BCUT2D eigenvalue weighted by Crippen LogP contribution is 2.26. The van der Waals surface area contributed by atoms with E-state index in [9.17, 15) is 18.5 Å². The molecule has 1 fully saturated rings. The maximum absolute atomic E-state index is 12.4. The molecule has 8 heteroatoms. The summed E-state index contributed by atoms with van der Waals surface area (Å²) in [4.78, 5) is 9.98. The highest BCUT2D eigenvalue weighted by atomic mass is 32.2. The van der Waals surface area contributed by atoms with Gasteiger partial charge in [-0.1, -0.05) is 12.1 Å². The number of piperidine rings is 1. The fourth-order valence-corrected chi connectivity index (χ4v) is 3.93. The number of hydrogen-bond acceptors (Lipinski definition) is 5. The van der Waals surface area contributed by atoms with Crippen molar-refractivity contribution in [1.29, 1.82) is 0 Å². The van der Waals surface area contributed by atoms with Gasteiger partial charge < -0.3 is 5.32 Å². The van der Waals surface area contributed by atoms with Crippen LogP contribution in [0.1, 0.15) is 19.8 Å². The van der Waals surface area contributed by atoms with Gasteiger partial charge in [0.1, 0.15) is 0 Å². The summed E-state index contributed by atoms with van der Waals surface area (Å²) < 4.78 is 27.4. The number of nitrogens with zero attached hydrogens (tertiary/aromatic N) is 1. The second-order valence-corrected chi connectivity index (χ2v) is 6.79. The van der Waals surface area contributed by atoms with E-state index in [1.54, 1.807) is 0 Å². The van der Waals surface area contributed by atoms with E-state index in [1.165, 1.54) is 24.3 Å². The molecular formula is C12H17N3O4S. The van der Waals surface area contributed by atoms with Crippen molar-refractivity contribution in [3.8, 4) is 0 Å². The van der Waals surface area contributed by atoms with E-state index in [0.717, 1.165) is 13.1 Å². The molecule has 1 saturated heterocycles. The molecule has 2 rings (SSSR count). The number of nitrogens with one attached hydrogen (secondary N) is 2. The van der Waals surface area contributed by atoms with E-state index in [4.69, 9.17) is 0 Å². The lowest BCUT2D eigenvalue weighted by molar-refractivity contribution is -0.387. The van der Waals surface area contributed by atoms with Crippen molar-refractivity contribution < 1.29 is 13.3 Å². The van der Waals surface area contributed by atoms with Gasteiger partial charge in [-0.2, -0.15) is 0 Å². The van der Waals surface area contributed by atoms with Crippen LogP contribution < -0.4 is 10.0 Å². The van der Waals surface area contributed by atoms with Crippen LogP contribution in [0.3, 0.4) is 0 Å². The van der Waals surface area contributed by atoms with Crippen LogP contribution in [-0.4, -0.2) is 32.0 Å². The summed E-state index contributed by atoms with van der Waals surface area (Å²) in [5.74, 6) is 0. The van der Waals surface area contributed by atoms with E-state index in [0.29, 0.717) is 12.8 Å². The normalized spacial score (nSPS) is 18.6. The Morgan fingerprint density at radius 3 is 2.50 bits per heavy atom. The topological polar surface area (TPSA) is 101 Å². The smallest absolute Gasteiger partial charge is 0.289 e. The summed E-state index contributed by atoms with van der Waals surface area (Å²) >= 11 is 0. The molecule has 0 radical (unpaired) electrons. The van der Waals surface area contributed by atoms with Crippen LogP contribution in [0.4, 0.5) is 5.69 Å². The predicted octanol–water partition coefficient (Wildman–Crippen LogP) is 1.02. The van der Waals surface area contributed by atoms with Crippen LogP contribution in [0.15, 0.2) is 29.2 Å². The number of nitro groups is 1. The summed E-state index contributed by atoms with van der Waals surface area (Å²) in [7, 11) is -3.91. The van der Waals surface area contributed by atoms with Gasteiger partial charge in [-0.05, 0) is 38.9 Å². The summed E-state index contributed by atoms with van der Waals surface area (Å²) in [6.07, 6.45) is 1.29. The molecule has 0 saturated carbocycles. The average Bonchev–Trinajstić information content (AvgIpc) is 2.38. The van der Waals surface area contributed by atoms with Gasteiger partial charge in [-0.3, -0.25) is 10.1 Å². The third-order valence-electron chi connectivity index (χ3n) is 3.44. The Morgan fingerprint density at radius 2 is 1.90 bits per heavy atom. The number of rotatable bonds is 4. The van der Waals surface area contributed by atoms with Gasteiger partial charge in [0.05, 0.1) is 4.92 Å². The zero-order chi connectivity index (χ0) is 14.8. The summed E-state index contributed by atoms with van der Waals surface area (Å²) in [6, 6.07) is 5.37. The van der Waals surface area contributed by atoms with Crippen LogP contribution in [0.5, 0.6) is 0 Å². The number of hydrogen-bond donors (Lipinski definition) is 2. The molecule has 1 heterocycles. The van der Waals surface area contributed by atoms with E-state index in [2.05, 4.69) is 10.0 Å². The third-order valence-corrected chi connectivity index (χ3v) is 5.13. The fraction of sp³-hybridized carbons (Fsp3) is 0.500. The second kappa shape index (κ2) is 5.47. The van der Waals surface area contributed by atoms with Crippen LogP contribution in [-0.2, 0) is 10.0 Å². The zero-order valence-corrected chi connectivity index (χ0v) is 11.9. The molecule has 0 bridgehead atoms. The summed E-state index contributed by atoms with van der Waals surface area (Å²) in [5.41, 5.74) is -0.981. The van der Waals surface area contributed by atoms with Crippen molar-refractivity contribution in [2.75, 3.05) is 13.1 Å². The maximum atomic E-state index is 12.4. The van der Waals surface area contributed by atoms with Crippen molar-refractivity contribution >= 4 is 15.7 Å². The van der Waals surface area contributed by atoms with E-state index >= 15 is 0 Å². The molecule has 20 heavy (non-hydrogen) atoms. The van der Waals surface area contributed by atoms with Gasteiger partial charge in [0.15, 0.2) is 4.90 Å². The molecule has 0 unspecified atom stereocenters. The molecule has 2 N–H and O–H groups in total. The quantitative estimate of drug-likeness (QED) is 0.638. The molecule has 1 aliphatic rings. The molecule has 1 aromatic carbocycles. The average molecular weight is 299 g/mol. The Hall–Kier alpha value is -1.51. The summed E-state index contributed by atoms with van der Waals surface area (Å²) in [5, 5.41) is 14.1. The highest BCUT2D eigenvalue weighted by Gasteiger charge is 2.34. The van der Waals surface area contributed by atoms with Crippen molar-refractivity contribution in [3.63, 3.8) is 0 Å². The van der Waals surface area contributed by atoms with Gasteiger partial charge in [0, 0.05) is 11.6 Å².